The minimum Gasteiger partial charge on any atom is -0.347 e. The molecule has 1 heterocycles. The van der Waals surface area contributed by atoms with E-state index >= 15 is 0 Å². The van der Waals surface area contributed by atoms with Crippen molar-refractivity contribution in [1.82, 2.24) is 10.3 Å². The first-order chi connectivity index (χ1) is 12.1. The van der Waals surface area contributed by atoms with Gasteiger partial charge in [0.25, 0.3) is 5.91 Å². The summed E-state index contributed by atoms with van der Waals surface area (Å²) in [6, 6.07) is 21.8. The zero-order valence-corrected chi connectivity index (χ0v) is 14.4. The monoisotopic (exact) mass is 331 g/mol. The lowest BCUT2D eigenvalue weighted by molar-refractivity contribution is 0.0946. The van der Waals surface area contributed by atoms with Gasteiger partial charge in [0.1, 0.15) is 5.69 Å². The van der Waals surface area contributed by atoms with Crippen LogP contribution in [-0.4, -0.2) is 17.9 Å². The van der Waals surface area contributed by atoms with Crippen LogP contribution in [0.25, 0.3) is 0 Å². The van der Waals surface area contributed by atoms with Crippen LogP contribution in [0.2, 0.25) is 0 Å². The molecule has 0 unspecified atom stereocenters. The first kappa shape index (κ1) is 16.7. The molecule has 1 aromatic heterocycles. The molecule has 4 heteroatoms. The van der Waals surface area contributed by atoms with E-state index < -0.39 is 0 Å². The fourth-order valence-corrected chi connectivity index (χ4v) is 2.65. The van der Waals surface area contributed by atoms with E-state index in [1.54, 1.807) is 12.3 Å². The van der Waals surface area contributed by atoms with Crippen LogP contribution < -0.4 is 10.2 Å². The topological polar surface area (TPSA) is 45.2 Å². The number of benzene rings is 2. The first-order valence-corrected chi connectivity index (χ1v) is 8.22. The second kappa shape index (κ2) is 7.62. The lowest BCUT2D eigenvalue weighted by atomic mass is 10.1. The van der Waals surface area contributed by atoms with E-state index in [9.17, 15) is 4.79 Å². The molecule has 4 nitrogen and oxygen atoms in total. The second-order valence-electron chi connectivity index (χ2n) is 5.97. The van der Waals surface area contributed by atoms with Gasteiger partial charge in [-0.2, -0.15) is 0 Å². The van der Waals surface area contributed by atoms with Crippen molar-refractivity contribution in [1.29, 1.82) is 0 Å². The van der Waals surface area contributed by atoms with Crippen LogP contribution in [0, 0.1) is 6.92 Å². The number of nitrogens with one attached hydrogen (secondary N) is 1. The standard InChI is InChI=1S/C21H21N3O/c1-16-7-6-8-17(13-16)15-23-21(25)20-14-19(11-12-22-20)24(2)18-9-4-3-5-10-18/h3-14H,15H2,1-2H3,(H,23,25). The van der Waals surface area contributed by atoms with Crippen molar-refractivity contribution in [3.8, 4) is 0 Å². The molecule has 0 aliphatic heterocycles. The van der Waals surface area contributed by atoms with Crippen molar-refractivity contribution >= 4 is 17.3 Å². The zero-order chi connectivity index (χ0) is 17.6. The van der Waals surface area contributed by atoms with Crippen molar-refractivity contribution in [2.75, 3.05) is 11.9 Å². The number of hydrogen-bond acceptors (Lipinski definition) is 3. The maximum atomic E-state index is 12.4. The molecule has 0 saturated heterocycles. The molecule has 126 valence electrons. The smallest absolute Gasteiger partial charge is 0.270 e. The molecule has 0 atom stereocenters. The molecule has 3 aromatic rings. The maximum absolute atomic E-state index is 12.4. The number of hydrogen-bond donors (Lipinski definition) is 1. The Morgan fingerprint density at radius 2 is 1.80 bits per heavy atom. The van der Waals surface area contributed by atoms with Gasteiger partial charge in [-0.05, 0) is 36.8 Å². The van der Waals surface area contributed by atoms with E-state index in [0.29, 0.717) is 12.2 Å². The fourth-order valence-electron chi connectivity index (χ4n) is 2.65. The van der Waals surface area contributed by atoms with Crippen molar-refractivity contribution in [2.45, 2.75) is 13.5 Å². The summed E-state index contributed by atoms with van der Waals surface area (Å²) >= 11 is 0. The number of nitrogens with zero attached hydrogens (tertiary/aromatic N) is 2. The van der Waals surface area contributed by atoms with Crippen LogP contribution in [-0.2, 0) is 6.54 Å². The quantitative estimate of drug-likeness (QED) is 0.766. The van der Waals surface area contributed by atoms with Gasteiger partial charge in [-0.3, -0.25) is 9.78 Å². The van der Waals surface area contributed by atoms with Gasteiger partial charge in [0.05, 0.1) is 0 Å². The molecule has 0 spiro atoms. The summed E-state index contributed by atoms with van der Waals surface area (Å²) in [5.41, 5.74) is 4.64. The molecular formula is C21H21N3O. The molecule has 3 rings (SSSR count). The van der Waals surface area contributed by atoms with Crippen LogP contribution in [0.4, 0.5) is 11.4 Å². The minimum absolute atomic E-state index is 0.176. The predicted molar refractivity (Wildman–Crippen MR) is 101 cm³/mol. The van der Waals surface area contributed by atoms with Gasteiger partial charge in [-0.1, -0.05) is 48.0 Å². The lowest BCUT2D eigenvalue weighted by Crippen LogP contribution is -2.24. The Morgan fingerprint density at radius 1 is 1.00 bits per heavy atom. The zero-order valence-electron chi connectivity index (χ0n) is 14.4. The largest absolute Gasteiger partial charge is 0.347 e. The summed E-state index contributed by atoms with van der Waals surface area (Å²) < 4.78 is 0. The molecule has 0 saturated carbocycles. The Balaban J connectivity index is 1.71. The molecular weight excluding hydrogens is 310 g/mol. The number of amides is 1. The van der Waals surface area contributed by atoms with E-state index in [-0.39, 0.29) is 5.91 Å². The number of anilines is 2. The number of carbonyl (C=O) groups excluding carboxylic acids is 1. The second-order valence-corrected chi connectivity index (χ2v) is 5.97. The third-order valence-electron chi connectivity index (χ3n) is 4.04. The summed E-state index contributed by atoms with van der Waals surface area (Å²) in [4.78, 5) is 18.7. The van der Waals surface area contributed by atoms with E-state index in [1.807, 2.05) is 73.5 Å². The van der Waals surface area contributed by atoms with E-state index in [4.69, 9.17) is 0 Å². The molecule has 0 aliphatic rings. The van der Waals surface area contributed by atoms with Crippen molar-refractivity contribution in [3.05, 3.63) is 89.7 Å². The van der Waals surface area contributed by atoms with Crippen molar-refractivity contribution in [2.24, 2.45) is 0 Å². The van der Waals surface area contributed by atoms with E-state index in [0.717, 1.165) is 16.9 Å². The molecule has 2 aromatic carbocycles. The van der Waals surface area contributed by atoms with Gasteiger partial charge in [0, 0.05) is 31.2 Å². The van der Waals surface area contributed by atoms with Crippen LogP contribution in [0.15, 0.2) is 72.9 Å². The summed E-state index contributed by atoms with van der Waals surface area (Å²) in [7, 11) is 1.97. The summed E-state index contributed by atoms with van der Waals surface area (Å²) in [6.45, 7) is 2.52. The van der Waals surface area contributed by atoms with Gasteiger partial charge < -0.3 is 10.2 Å². The summed E-state index contributed by atoms with van der Waals surface area (Å²) in [5, 5.41) is 2.93. The molecule has 0 radical (unpaired) electrons. The van der Waals surface area contributed by atoms with Gasteiger partial charge in [0.2, 0.25) is 0 Å². The Bertz CT molecular complexity index is 862. The molecule has 1 amide bonds. The van der Waals surface area contributed by atoms with Gasteiger partial charge in [0.15, 0.2) is 0 Å². The molecule has 0 bridgehead atoms. The van der Waals surface area contributed by atoms with Gasteiger partial charge >= 0.3 is 0 Å². The average molecular weight is 331 g/mol. The number of para-hydroxylation sites is 1. The molecule has 0 aliphatic carbocycles. The number of rotatable bonds is 5. The minimum atomic E-state index is -0.176. The summed E-state index contributed by atoms with van der Waals surface area (Å²) in [5.74, 6) is -0.176. The highest BCUT2D eigenvalue weighted by molar-refractivity contribution is 5.93. The number of pyridine rings is 1. The normalized spacial score (nSPS) is 10.3. The fraction of sp³-hybridized carbons (Fsp3) is 0.143. The van der Waals surface area contributed by atoms with Crippen LogP contribution in [0.1, 0.15) is 21.6 Å². The van der Waals surface area contributed by atoms with Crippen molar-refractivity contribution < 1.29 is 4.79 Å². The third kappa shape index (κ3) is 4.23. The number of carbonyl (C=O) groups is 1. The first-order valence-electron chi connectivity index (χ1n) is 8.22. The predicted octanol–water partition coefficient (Wildman–Crippen LogP) is 4.09. The molecule has 0 fully saturated rings. The molecule has 1 N–H and O–H groups in total. The van der Waals surface area contributed by atoms with Crippen LogP contribution >= 0.6 is 0 Å². The Morgan fingerprint density at radius 3 is 2.56 bits per heavy atom. The van der Waals surface area contributed by atoms with E-state index in [2.05, 4.69) is 16.4 Å². The van der Waals surface area contributed by atoms with Gasteiger partial charge in [-0.15, -0.1) is 0 Å². The maximum Gasteiger partial charge on any atom is 0.270 e. The van der Waals surface area contributed by atoms with E-state index in [1.165, 1.54) is 5.56 Å². The highest BCUT2D eigenvalue weighted by Gasteiger charge is 2.10. The van der Waals surface area contributed by atoms with Crippen LogP contribution in [0.5, 0.6) is 0 Å². The Hall–Kier alpha value is -3.14. The van der Waals surface area contributed by atoms with Crippen LogP contribution in [0.3, 0.4) is 0 Å². The average Bonchev–Trinajstić information content (AvgIpc) is 2.66. The lowest BCUT2D eigenvalue weighted by Gasteiger charge is -2.19. The highest BCUT2D eigenvalue weighted by Crippen LogP contribution is 2.23. The van der Waals surface area contributed by atoms with Crippen molar-refractivity contribution in [3.63, 3.8) is 0 Å². The SMILES string of the molecule is Cc1cccc(CNC(=O)c2cc(N(C)c3ccccc3)ccn2)c1. The highest BCUT2D eigenvalue weighted by atomic mass is 16.1. The van der Waals surface area contributed by atoms with Gasteiger partial charge in [-0.25, -0.2) is 0 Å². The molecule has 25 heavy (non-hydrogen) atoms. The third-order valence-corrected chi connectivity index (χ3v) is 4.04. The Labute approximate surface area is 148 Å². The number of aryl methyl sites for hydroxylation is 1. The Kier molecular flexibility index (Phi) is 5.09. The summed E-state index contributed by atoms with van der Waals surface area (Å²) in [6.07, 6.45) is 1.66. The number of aromatic nitrogens is 1.